The highest BCUT2D eigenvalue weighted by atomic mass is 35.5. The number of hydrogen-bond acceptors (Lipinski definition) is 4. The summed E-state index contributed by atoms with van der Waals surface area (Å²) in [4.78, 5) is 31.7. The zero-order chi connectivity index (χ0) is 26.7. The number of likely N-dealkylation sites (N-methyl/N-ethyl adjacent to an activating group) is 1. The summed E-state index contributed by atoms with van der Waals surface area (Å²) in [6.45, 7) is 3.91. The summed E-state index contributed by atoms with van der Waals surface area (Å²) in [5.41, 5.74) is 3.91. The van der Waals surface area contributed by atoms with Crippen molar-refractivity contribution in [2.75, 3.05) is 52.3 Å². The average molecular weight is 578 g/mol. The van der Waals surface area contributed by atoms with Crippen molar-refractivity contribution in [1.82, 2.24) is 9.80 Å². The van der Waals surface area contributed by atoms with Crippen LogP contribution in [0.15, 0.2) is 59.7 Å². The van der Waals surface area contributed by atoms with Crippen molar-refractivity contribution >= 4 is 68.0 Å². The lowest BCUT2D eigenvalue weighted by atomic mass is 10.0. The predicted octanol–water partition coefficient (Wildman–Crippen LogP) is 6.30. The molecule has 4 rings (SSSR count). The van der Waals surface area contributed by atoms with Crippen LogP contribution in [0.2, 0.25) is 10.0 Å². The third-order valence-electron chi connectivity index (χ3n) is 6.18. The van der Waals surface area contributed by atoms with Gasteiger partial charge < -0.3 is 14.3 Å². The maximum atomic E-state index is 14.1. The van der Waals surface area contributed by atoms with E-state index in [9.17, 15) is 9.59 Å². The fourth-order valence-electron chi connectivity index (χ4n) is 4.37. The number of quaternary nitrogens is 1. The molecule has 0 N–H and O–H groups in total. The minimum atomic E-state index is -0.137. The average Bonchev–Trinajstić information content (AvgIpc) is 3.29. The number of carbonyl (C=O) groups excluding carboxylic acids is 2. The molecular weight excluding hydrogens is 545 g/mol. The van der Waals surface area contributed by atoms with Crippen LogP contribution in [0, 0.1) is 0 Å². The standard InChI is InChI=1S/C28H32Cl2N3O2S2/c1-5-17-36-37-18-15-32-26(20-8-12-22(30)13-9-20)24-23(28(32)35)25(19-6-10-21(29)11-7-19)31(27(24)34)14-16-33(2,3)4/h6-13H,5,14-18H2,1-4H3/q+1. The van der Waals surface area contributed by atoms with Crippen molar-refractivity contribution in [3.05, 3.63) is 80.8 Å². The summed E-state index contributed by atoms with van der Waals surface area (Å²) >= 11 is 12.4. The Morgan fingerprint density at radius 3 is 1.57 bits per heavy atom. The summed E-state index contributed by atoms with van der Waals surface area (Å²) < 4.78 is 0.697. The van der Waals surface area contributed by atoms with E-state index < -0.39 is 0 Å². The maximum Gasteiger partial charge on any atom is 0.261 e. The van der Waals surface area contributed by atoms with E-state index in [0.717, 1.165) is 35.6 Å². The molecule has 0 fully saturated rings. The highest BCUT2D eigenvalue weighted by Gasteiger charge is 2.48. The van der Waals surface area contributed by atoms with Crippen LogP contribution in [0.1, 0.15) is 24.5 Å². The summed E-state index contributed by atoms with van der Waals surface area (Å²) in [5.74, 6) is 1.56. The quantitative estimate of drug-likeness (QED) is 0.179. The van der Waals surface area contributed by atoms with Crippen LogP contribution < -0.4 is 0 Å². The van der Waals surface area contributed by atoms with E-state index in [1.165, 1.54) is 0 Å². The van der Waals surface area contributed by atoms with Gasteiger partial charge in [0.2, 0.25) is 0 Å². The molecule has 9 heteroatoms. The molecule has 0 aromatic heterocycles. The number of amides is 2. The first-order valence-corrected chi connectivity index (χ1v) is 15.6. The molecule has 2 aliphatic rings. The molecule has 37 heavy (non-hydrogen) atoms. The first kappa shape index (κ1) is 28.1. The van der Waals surface area contributed by atoms with Gasteiger partial charge in [0.1, 0.15) is 0 Å². The van der Waals surface area contributed by atoms with E-state index in [1.54, 1.807) is 44.9 Å². The van der Waals surface area contributed by atoms with E-state index in [2.05, 4.69) is 28.1 Å². The van der Waals surface area contributed by atoms with Gasteiger partial charge in [0, 0.05) is 28.1 Å². The molecule has 0 aliphatic carbocycles. The Morgan fingerprint density at radius 1 is 0.703 bits per heavy atom. The number of fused-ring (bicyclic) bond motifs is 1. The Bertz CT molecular complexity index is 1240. The second-order valence-electron chi connectivity index (χ2n) is 10.0. The number of nitrogens with zero attached hydrogens (tertiary/aromatic N) is 3. The topological polar surface area (TPSA) is 40.6 Å². The first-order valence-electron chi connectivity index (χ1n) is 12.3. The summed E-state index contributed by atoms with van der Waals surface area (Å²) in [5, 5.41) is 1.21. The molecule has 2 aromatic rings. The van der Waals surface area contributed by atoms with Crippen LogP contribution in [-0.2, 0) is 9.59 Å². The van der Waals surface area contributed by atoms with Gasteiger partial charge in [0.25, 0.3) is 11.8 Å². The Balaban J connectivity index is 1.84. The third-order valence-corrected chi connectivity index (χ3v) is 9.28. The van der Waals surface area contributed by atoms with Gasteiger partial charge in [-0.1, -0.05) is 76.0 Å². The molecular formula is C28H32Cl2N3O2S2+. The van der Waals surface area contributed by atoms with Gasteiger partial charge in [0.15, 0.2) is 0 Å². The summed E-state index contributed by atoms with van der Waals surface area (Å²) in [7, 11) is 9.85. The second-order valence-corrected chi connectivity index (χ2v) is 13.6. The van der Waals surface area contributed by atoms with Crippen LogP contribution >= 0.6 is 44.8 Å². The fraction of sp³-hybridized carbons (Fsp3) is 0.357. The second kappa shape index (κ2) is 11.9. The Morgan fingerprint density at radius 2 is 1.14 bits per heavy atom. The van der Waals surface area contributed by atoms with Gasteiger partial charge in [-0.3, -0.25) is 9.59 Å². The maximum absolute atomic E-state index is 14.1. The minimum absolute atomic E-state index is 0.132. The van der Waals surface area contributed by atoms with E-state index >= 15 is 0 Å². The zero-order valence-corrected chi connectivity index (χ0v) is 24.7. The molecule has 0 radical (unpaired) electrons. The fourth-order valence-corrected chi connectivity index (χ4v) is 6.71. The lowest BCUT2D eigenvalue weighted by Gasteiger charge is -2.29. The van der Waals surface area contributed by atoms with Gasteiger partial charge >= 0.3 is 0 Å². The number of carbonyl (C=O) groups is 2. The smallest absolute Gasteiger partial charge is 0.261 e. The number of rotatable bonds is 11. The van der Waals surface area contributed by atoms with Crippen LogP contribution in [0.3, 0.4) is 0 Å². The molecule has 0 spiro atoms. The summed E-state index contributed by atoms with van der Waals surface area (Å²) in [6, 6.07) is 14.7. The molecule has 2 aliphatic heterocycles. The molecule has 0 saturated carbocycles. The molecule has 2 amide bonds. The lowest BCUT2D eigenvalue weighted by Crippen LogP contribution is -2.42. The lowest BCUT2D eigenvalue weighted by molar-refractivity contribution is -0.869. The van der Waals surface area contributed by atoms with Crippen molar-refractivity contribution < 1.29 is 14.1 Å². The number of benzene rings is 2. The molecule has 2 aromatic carbocycles. The molecule has 0 unspecified atom stereocenters. The largest absolute Gasteiger partial charge is 0.329 e. The van der Waals surface area contributed by atoms with Crippen molar-refractivity contribution in [3.8, 4) is 0 Å². The van der Waals surface area contributed by atoms with Crippen LogP contribution in [-0.4, -0.2) is 78.4 Å². The molecule has 0 bridgehead atoms. The zero-order valence-electron chi connectivity index (χ0n) is 21.6. The molecule has 0 saturated heterocycles. The molecule has 0 atom stereocenters. The first-order chi connectivity index (χ1) is 17.6. The van der Waals surface area contributed by atoms with Crippen molar-refractivity contribution in [2.45, 2.75) is 13.3 Å². The normalized spacial score (nSPS) is 15.9. The van der Waals surface area contributed by atoms with E-state index in [-0.39, 0.29) is 11.8 Å². The van der Waals surface area contributed by atoms with Gasteiger partial charge in [-0.15, -0.1) is 0 Å². The van der Waals surface area contributed by atoms with E-state index in [0.29, 0.717) is 50.2 Å². The van der Waals surface area contributed by atoms with E-state index in [4.69, 9.17) is 23.2 Å². The molecule has 2 heterocycles. The van der Waals surface area contributed by atoms with Crippen molar-refractivity contribution in [3.63, 3.8) is 0 Å². The highest BCUT2D eigenvalue weighted by molar-refractivity contribution is 8.76. The Hall–Kier alpha value is -1.90. The molecule has 196 valence electrons. The van der Waals surface area contributed by atoms with Gasteiger partial charge in [-0.2, -0.15) is 0 Å². The van der Waals surface area contributed by atoms with Crippen LogP contribution in [0.25, 0.3) is 11.4 Å². The summed E-state index contributed by atoms with van der Waals surface area (Å²) in [6.07, 6.45) is 1.11. The highest BCUT2D eigenvalue weighted by Crippen LogP contribution is 2.46. The number of hydrogen-bond donors (Lipinski definition) is 0. The van der Waals surface area contributed by atoms with Crippen molar-refractivity contribution in [1.29, 1.82) is 0 Å². The monoisotopic (exact) mass is 576 g/mol. The van der Waals surface area contributed by atoms with Crippen LogP contribution in [0.4, 0.5) is 0 Å². The van der Waals surface area contributed by atoms with Gasteiger partial charge in [0.05, 0.1) is 56.8 Å². The Labute approximate surface area is 237 Å². The Kier molecular flexibility index (Phi) is 9.02. The minimum Gasteiger partial charge on any atom is -0.329 e. The molecule has 5 nitrogen and oxygen atoms in total. The van der Waals surface area contributed by atoms with Gasteiger partial charge in [-0.25, -0.2) is 0 Å². The van der Waals surface area contributed by atoms with Crippen LogP contribution in [0.5, 0.6) is 0 Å². The van der Waals surface area contributed by atoms with E-state index in [1.807, 2.05) is 35.1 Å². The SMILES string of the molecule is CCCSSCCN1C(=O)C2=C(c3ccc(Cl)cc3)N(CC[N+](C)(C)C)C(=O)C2=C1c1ccc(Cl)cc1. The van der Waals surface area contributed by atoms with Crippen molar-refractivity contribution in [2.24, 2.45) is 0 Å². The third kappa shape index (κ3) is 6.23. The van der Waals surface area contributed by atoms with Gasteiger partial charge in [-0.05, 0) is 41.8 Å². The predicted molar refractivity (Wildman–Crippen MR) is 158 cm³/mol. The number of halogens is 2.